The fraction of sp³-hybridized carbons (Fsp3) is 0. The highest BCUT2D eigenvalue weighted by Crippen LogP contribution is 2.38. The van der Waals surface area contributed by atoms with Crippen LogP contribution >= 0.6 is 62.7 Å². The van der Waals surface area contributed by atoms with E-state index in [0.29, 0.717) is 21.3 Å². The summed E-state index contributed by atoms with van der Waals surface area (Å²) in [4.78, 5) is 17.0. The first-order chi connectivity index (χ1) is 14.4. The highest BCUT2D eigenvalue weighted by molar-refractivity contribution is 9.10. The number of aromatic nitrogens is 1. The molecule has 0 aliphatic rings. The summed E-state index contributed by atoms with van der Waals surface area (Å²) < 4.78 is 1.86. The van der Waals surface area contributed by atoms with Gasteiger partial charge >= 0.3 is 0 Å². The number of anilines is 1. The molecule has 0 saturated carbocycles. The summed E-state index contributed by atoms with van der Waals surface area (Å²) in [6.07, 6.45) is 0. The average molecular weight is 537 g/mol. The SMILES string of the molecule is O=C(NC(=S)Nc1cc(-c2nc3ccccc3s2)c(Cl)cc1Cl)c1cccc(Br)c1. The van der Waals surface area contributed by atoms with Crippen molar-refractivity contribution < 1.29 is 4.79 Å². The topological polar surface area (TPSA) is 54.0 Å². The van der Waals surface area contributed by atoms with Crippen LogP contribution in [0, 0.1) is 0 Å². The van der Waals surface area contributed by atoms with E-state index in [4.69, 9.17) is 35.4 Å². The first-order valence-electron chi connectivity index (χ1n) is 8.63. The molecule has 4 nitrogen and oxygen atoms in total. The Hall–Kier alpha value is -2.03. The standard InChI is InChI=1S/C21H12BrCl2N3OS2/c22-12-5-3-4-11(8-12)19(28)27-21(29)26-17-9-13(14(23)10-15(17)24)20-25-16-6-1-2-7-18(16)30-20/h1-10H,(H2,26,27,28,29). The van der Waals surface area contributed by atoms with Crippen molar-refractivity contribution in [3.8, 4) is 10.6 Å². The largest absolute Gasteiger partial charge is 0.331 e. The second kappa shape index (κ2) is 8.99. The van der Waals surface area contributed by atoms with E-state index in [9.17, 15) is 4.79 Å². The van der Waals surface area contributed by atoms with Gasteiger partial charge in [0.2, 0.25) is 0 Å². The van der Waals surface area contributed by atoms with Crippen LogP contribution in [0.1, 0.15) is 10.4 Å². The van der Waals surface area contributed by atoms with Gasteiger partial charge in [-0.3, -0.25) is 10.1 Å². The van der Waals surface area contributed by atoms with E-state index in [1.54, 1.807) is 30.3 Å². The fourth-order valence-corrected chi connectivity index (χ4v) is 4.93. The molecule has 0 fully saturated rings. The Morgan fingerprint density at radius 1 is 1.03 bits per heavy atom. The molecule has 4 rings (SSSR count). The van der Waals surface area contributed by atoms with Crippen LogP contribution in [-0.2, 0) is 0 Å². The number of para-hydroxylation sites is 1. The van der Waals surface area contributed by atoms with E-state index in [-0.39, 0.29) is 11.0 Å². The maximum atomic E-state index is 12.4. The van der Waals surface area contributed by atoms with Crippen LogP contribution in [-0.4, -0.2) is 16.0 Å². The number of fused-ring (bicyclic) bond motifs is 1. The second-order valence-electron chi connectivity index (χ2n) is 6.22. The zero-order valence-corrected chi connectivity index (χ0v) is 19.8. The molecule has 0 radical (unpaired) electrons. The number of rotatable bonds is 3. The van der Waals surface area contributed by atoms with Gasteiger partial charge in [0, 0.05) is 15.6 Å². The minimum Gasteiger partial charge on any atom is -0.331 e. The Bertz CT molecular complexity index is 1260. The van der Waals surface area contributed by atoms with Gasteiger partial charge in [-0.2, -0.15) is 0 Å². The smallest absolute Gasteiger partial charge is 0.257 e. The molecule has 1 heterocycles. The third-order valence-electron chi connectivity index (χ3n) is 4.14. The Morgan fingerprint density at radius 2 is 1.83 bits per heavy atom. The first kappa shape index (κ1) is 21.2. The quantitative estimate of drug-likeness (QED) is 0.273. The van der Waals surface area contributed by atoms with Crippen molar-refractivity contribution >= 4 is 89.6 Å². The lowest BCUT2D eigenvalue weighted by Crippen LogP contribution is -2.34. The molecule has 3 aromatic carbocycles. The highest BCUT2D eigenvalue weighted by Gasteiger charge is 2.15. The zero-order valence-electron chi connectivity index (χ0n) is 15.1. The van der Waals surface area contributed by atoms with Crippen molar-refractivity contribution in [2.45, 2.75) is 0 Å². The van der Waals surface area contributed by atoms with E-state index < -0.39 is 0 Å². The molecule has 0 saturated heterocycles. The minimum absolute atomic E-state index is 0.124. The number of hydrogen-bond donors (Lipinski definition) is 2. The third-order valence-corrected chi connectivity index (χ3v) is 6.54. The number of benzene rings is 3. The first-order valence-corrected chi connectivity index (χ1v) is 11.4. The van der Waals surface area contributed by atoms with Gasteiger partial charge in [0.05, 0.1) is 25.9 Å². The summed E-state index contributed by atoms with van der Waals surface area (Å²) in [7, 11) is 0. The lowest BCUT2D eigenvalue weighted by atomic mass is 10.2. The molecule has 9 heteroatoms. The molecule has 0 spiro atoms. The molecule has 1 amide bonds. The van der Waals surface area contributed by atoms with Gasteiger partial charge < -0.3 is 5.32 Å². The van der Waals surface area contributed by atoms with Crippen LogP contribution in [0.15, 0.2) is 65.1 Å². The van der Waals surface area contributed by atoms with Gasteiger partial charge in [-0.05, 0) is 54.7 Å². The van der Waals surface area contributed by atoms with E-state index in [1.165, 1.54) is 11.3 Å². The van der Waals surface area contributed by atoms with Crippen molar-refractivity contribution in [2.24, 2.45) is 0 Å². The fourth-order valence-electron chi connectivity index (χ4n) is 2.75. The van der Waals surface area contributed by atoms with E-state index in [1.807, 2.05) is 30.3 Å². The Labute approximate surface area is 200 Å². The van der Waals surface area contributed by atoms with Gasteiger partial charge in [-0.25, -0.2) is 4.98 Å². The molecule has 0 bridgehead atoms. The maximum Gasteiger partial charge on any atom is 0.257 e. The molecule has 0 atom stereocenters. The molecular weight excluding hydrogens is 525 g/mol. The van der Waals surface area contributed by atoms with Gasteiger partial charge in [-0.15, -0.1) is 11.3 Å². The van der Waals surface area contributed by atoms with Gasteiger partial charge in [0.15, 0.2) is 5.11 Å². The summed E-state index contributed by atoms with van der Waals surface area (Å²) in [5.41, 5.74) is 2.63. The van der Waals surface area contributed by atoms with Gasteiger partial charge in [-0.1, -0.05) is 57.3 Å². The number of thiocarbonyl (C=S) groups is 1. The number of amides is 1. The number of nitrogens with zero attached hydrogens (tertiary/aromatic N) is 1. The molecule has 2 N–H and O–H groups in total. The van der Waals surface area contributed by atoms with Crippen molar-refractivity contribution in [3.05, 3.63) is 80.7 Å². The summed E-state index contributed by atoms with van der Waals surface area (Å²) in [6, 6.07) is 18.3. The zero-order chi connectivity index (χ0) is 21.3. The molecule has 150 valence electrons. The predicted octanol–water partition coefficient (Wildman–Crippen LogP) is 7.16. The average Bonchev–Trinajstić information content (AvgIpc) is 3.14. The molecule has 0 unspecified atom stereocenters. The van der Waals surface area contributed by atoms with Crippen LogP contribution in [0.3, 0.4) is 0 Å². The Balaban J connectivity index is 1.57. The highest BCUT2D eigenvalue weighted by atomic mass is 79.9. The second-order valence-corrected chi connectivity index (χ2v) is 9.39. The summed E-state index contributed by atoms with van der Waals surface area (Å²) >= 11 is 22.9. The minimum atomic E-state index is -0.328. The number of hydrogen-bond acceptors (Lipinski definition) is 4. The number of carbonyl (C=O) groups is 1. The van der Waals surface area contributed by atoms with Crippen LogP contribution in [0.4, 0.5) is 5.69 Å². The Kier molecular flexibility index (Phi) is 6.36. The molecule has 4 aromatic rings. The maximum absolute atomic E-state index is 12.4. The lowest BCUT2D eigenvalue weighted by molar-refractivity contribution is 0.0977. The number of nitrogens with one attached hydrogen (secondary N) is 2. The van der Waals surface area contributed by atoms with Crippen LogP contribution in [0.5, 0.6) is 0 Å². The number of carbonyl (C=O) groups excluding carboxylic acids is 1. The van der Waals surface area contributed by atoms with Crippen LogP contribution in [0.2, 0.25) is 10.0 Å². The van der Waals surface area contributed by atoms with E-state index in [2.05, 4.69) is 31.5 Å². The lowest BCUT2D eigenvalue weighted by Gasteiger charge is -2.13. The Morgan fingerprint density at radius 3 is 2.60 bits per heavy atom. The van der Waals surface area contributed by atoms with Crippen molar-refractivity contribution in [3.63, 3.8) is 0 Å². The molecule has 0 aliphatic heterocycles. The van der Waals surface area contributed by atoms with Crippen LogP contribution in [0.25, 0.3) is 20.8 Å². The monoisotopic (exact) mass is 535 g/mol. The van der Waals surface area contributed by atoms with Gasteiger partial charge in [0.1, 0.15) is 5.01 Å². The summed E-state index contributed by atoms with van der Waals surface area (Å²) in [5, 5.41) is 7.37. The van der Waals surface area contributed by atoms with Crippen molar-refractivity contribution in [1.29, 1.82) is 0 Å². The molecule has 30 heavy (non-hydrogen) atoms. The van der Waals surface area contributed by atoms with Gasteiger partial charge in [0.25, 0.3) is 5.91 Å². The molecule has 0 aliphatic carbocycles. The normalized spacial score (nSPS) is 10.8. The number of halogens is 3. The van der Waals surface area contributed by atoms with Crippen molar-refractivity contribution in [1.82, 2.24) is 10.3 Å². The summed E-state index contributed by atoms with van der Waals surface area (Å²) in [5.74, 6) is -0.328. The van der Waals surface area contributed by atoms with E-state index >= 15 is 0 Å². The van der Waals surface area contributed by atoms with Crippen molar-refractivity contribution in [2.75, 3.05) is 5.32 Å². The van der Waals surface area contributed by atoms with E-state index in [0.717, 1.165) is 25.3 Å². The number of thiazole rings is 1. The summed E-state index contributed by atoms with van der Waals surface area (Å²) in [6.45, 7) is 0. The molecule has 1 aromatic heterocycles. The molecular formula is C21H12BrCl2N3OS2. The predicted molar refractivity (Wildman–Crippen MR) is 133 cm³/mol. The third kappa shape index (κ3) is 4.66. The van der Waals surface area contributed by atoms with Crippen LogP contribution < -0.4 is 10.6 Å².